The van der Waals surface area contributed by atoms with Crippen LogP contribution in [0, 0.1) is 25.7 Å². The van der Waals surface area contributed by atoms with E-state index in [1.54, 1.807) is 0 Å². The molecule has 0 bridgehead atoms. The number of hydrogen-bond donors (Lipinski definition) is 1. The zero-order valence-corrected chi connectivity index (χ0v) is 10.4. The van der Waals surface area contributed by atoms with Gasteiger partial charge >= 0.3 is 0 Å². The number of nitrogens with zero attached hydrogens (tertiary/aromatic N) is 1. The van der Waals surface area contributed by atoms with E-state index in [4.69, 9.17) is 4.52 Å². The molecule has 0 radical (unpaired) electrons. The van der Waals surface area contributed by atoms with E-state index >= 15 is 0 Å². The van der Waals surface area contributed by atoms with E-state index < -0.39 is 0 Å². The van der Waals surface area contributed by atoms with E-state index in [9.17, 15) is 0 Å². The Labute approximate surface area is 102 Å². The highest BCUT2D eigenvalue weighted by atomic mass is 35.5. The summed E-state index contributed by atoms with van der Waals surface area (Å²) in [6.45, 7) is 6.33. The molecule has 1 N–H and O–H groups in total. The molecule has 4 heteroatoms. The Bertz CT molecular complexity index is 405. The fraction of sp³-hybridized carbons (Fsp3) is 0.583. The van der Waals surface area contributed by atoms with E-state index in [2.05, 4.69) is 16.5 Å². The van der Waals surface area contributed by atoms with Crippen molar-refractivity contribution in [3.8, 4) is 0 Å². The number of hydrogen-bond acceptors (Lipinski definition) is 3. The van der Waals surface area contributed by atoms with Crippen molar-refractivity contribution < 1.29 is 4.52 Å². The smallest absolute Gasteiger partial charge is 0.141 e. The van der Waals surface area contributed by atoms with Crippen LogP contribution in [0.4, 0.5) is 0 Å². The Morgan fingerprint density at radius 3 is 2.81 bits per heavy atom. The van der Waals surface area contributed by atoms with Crippen LogP contribution in [0.1, 0.15) is 23.4 Å². The van der Waals surface area contributed by atoms with Crippen molar-refractivity contribution in [2.75, 3.05) is 13.1 Å². The van der Waals surface area contributed by atoms with Crippen LogP contribution in [0.3, 0.4) is 0 Å². The van der Waals surface area contributed by atoms with Crippen LogP contribution in [-0.2, 0) is 0 Å². The number of nitrogens with one attached hydrogen (secondary N) is 1. The molecule has 0 unspecified atom stereocenters. The fourth-order valence-corrected chi connectivity index (χ4v) is 2.91. The molecular formula is C12H17ClN2O. The van der Waals surface area contributed by atoms with Gasteiger partial charge in [-0.3, -0.25) is 0 Å². The summed E-state index contributed by atoms with van der Waals surface area (Å²) in [4.78, 5) is 0. The van der Waals surface area contributed by atoms with Crippen molar-refractivity contribution in [2.45, 2.75) is 20.3 Å². The molecule has 2 heterocycles. The van der Waals surface area contributed by atoms with Gasteiger partial charge in [0, 0.05) is 12.1 Å². The first-order valence-corrected chi connectivity index (χ1v) is 5.60. The molecule has 1 aromatic rings. The number of rotatable bonds is 1. The van der Waals surface area contributed by atoms with Gasteiger partial charge in [0.05, 0.1) is 5.69 Å². The van der Waals surface area contributed by atoms with Crippen LogP contribution >= 0.6 is 12.4 Å². The minimum absolute atomic E-state index is 0. The average Bonchev–Trinajstić information content (AvgIpc) is 2.80. The molecule has 2 aliphatic rings. The van der Waals surface area contributed by atoms with Crippen LogP contribution < -0.4 is 5.32 Å². The van der Waals surface area contributed by atoms with E-state index in [1.165, 1.54) is 17.6 Å². The summed E-state index contributed by atoms with van der Waals surface area (Å²) in [6, 6.07) is 0. The zero-order chi connectivity index (χ0) is 10.4. The normalized spacial score (nSPS) is 27.5. The Morgan fingerprint density at radius 1 is 1.38 bits per heavy atom. The van der Waals surface area contributed by atoms with Crippen LogP contribution in [0.15, 0.2) is 10.6 Å². The molecule has 1 aromatic heterocycles. The van der Waals surface area contributed by atoms with Gasteiger partial charge in [0.1, 0.15) is 5.76 Å². The summed E-state index contributed by atoms with van der Waals surface area (Å²) in [5.41, 5.74) is 3.74. The van der Waals surface area contributed by atoms with Crippen molar-refractivity contribution >= 4 is 18.0 Å². The molecule has 3 nitrogen and oxygen atoms in total. The minimum atomic E-state index is 0. The lowest BCUT2D eigenvalue weighted by molar-refractivity contribution is 0.393. The molecule has 16 heavy (non-hydrogen) atoms. The molecule has 0 saturated carbocycles. The van der Waals surface area contributed by atoms with E-state index in [1.807, 2.05) is 13.8 Å². The van der Waals surface area contributed by atoms with Gasteiger partial charge in [-0.1, -0.05) is 11.2 Å². The lowest BCUT2D eigenvalue weighted by Crippen LogP contribution is -2.09. The SMILES string of the molecule is Cc1noc(C)c1C1=C[C@@H]2CNC[C@@H]2C1.Cl. The lowest BCUT2D eigenvalue weighted by Gasteiger charge is -2.05. The largest absolute Gasteiger partial charge is 0.361 e. The monoisotopic (exact) mass is 240 g/mol. The number of allylic oxidation sites excluding steroid dienone is 1. The van der Waals surface area contributed by atoms with E-state index in [0.717, 1.165) is 36.4 Å². The maximum Gasteiger partial charge on any atom is 0.141 e. The van der Waals surface area contributed by atoms with Gasteiger partial charge in [-0.25, -0.2) is 0 Å². The van der Waals surface area contributed by atoms with Gasteiger partial charge in [0.2, 0.25) is 0 Å². The first-order valence-electron chi connectivity index (χ1n) is 5.60. The molecule has 3 rings (SSSR count). The van der Waals surface area contributed by atoms with Crippen molar-refractivity contribution in [3.05, 3.63) is 23.1 Å². The summed E-state index contributed by atoms with van der Waals surface area (Å²) in [5.74, 6) is 2.49. The summed E-state index contributed by atoms with van der Waals surface area (Å²) in [5, 5.41) is 7.46. The highest BCUT2D eigenvalue weighted by Crippen LogP contribution is 2.40. The van der Waals surface area contributed by atoms with Gasteiger partial charge in [-0.2, -0.15) is 0 Å². The van der Waals surface area contributed by atoms with Gasteiger partial charge in [-0.05, 0) is 44.2 Å². The molecule has 2 atom stereocenters. The third-order valence-corrected chi connectivity index (χ3v) is 3.64. The summed E-state index contributed by atoms with van der Waals surface area (Å²) < 4.78 is 5.22. The number of aromatic nitrogens is 1. The van der Waals surface area contributed by atoms with Gasteiger partial charge in [0.25, 0.3) is 0 Å². The molecule has 88 valence electrons. The Kier molecular flexibility index (Phi) is 3.08. The molecule has 0 amide bonds. The van der Waals surface area contributed by atoms with Crippen LogP contribution in [0.2, 0.25) is 0 Å². The van der Waals surface area contributed by atoms with Gasteiger partial charge in [0.15, 0.2) is 0 Å². The second-order valence-corrected chi connectivity index (χ2v) is 4.68. The molecule has 1 aliphatic heterocycles. The van der Waals surface area contributed by atoms with E-state index in [-0.39, 0.29) is 12.4 Å². The number of aryl methyl sites for hydroxylation is 2. The van der Waals surface area contributed by atoms with Crippen LogP contribution in [-0.4, -0.2) is 18.2 Å². The summed E-state index contributed by atoms with van der Waals surface area (Å²) in [6.07, 6.45) is 3.60. The second-order valence-electron chi connectivity index (χ2n) is 4.68. The predicted molar refractivity (Wildman–Crippen MR) is 65.7 cm³/mol. The summed E-state index contributed by atoms with van der Waals surface area (Å²) in [7, 11) is 0. The van der Waals surface area contributed by atoms with E-state index in [0.29, 0.717) is 0 Å². The lowest BCUT2D eigenvalue weighted by atomic mass is 9.98. The quantitative estimate of drug-likeness (QED) is 0.819. The Balaban J connectivity index is 0.000000963. The molecule has 0 spiro atoms. The first-order chi connectivity index (χ1) is 7.25. The maximum atomic E-state index is 5.22. The topological polar surface area (TPSA) is 38.1 Å². The highest BCUT2D eigenvalue weighted by molar-refractivity contribution is 5.85. The number of fused-ring (bicyclic) bond motifs is 1. The predicted octanol–water partition coefficient (Wildman–Crippen LogP) is 2.34. The van der Waals surface area contributed by atoms with Crippen molar-refractivity contribution in [1.29, 1.82) is 0 Å². The number of halogens is 1. The first kappa shape index (κ1) is 11.7. The Hall–Kier alpha value is -0.800. The van der Waals surface area contributed by atoms with Crippen molar-refractivity contribution in [2.24, 2.45) is 11.8 Å². The zero-order valence-electron chi connectivity index (χ0n) is 9.62. The minimum Gasteiger partial charge on any atom is -0.361 e. The van der Waals surface area contributed by atoms with Gasteiger partial charge in [-0.15, -0.1) is 12.4 Å². The van der Waals surface area contributed by atoms with Crippen LogP contribution in [0.25, 0.3) is 5.57 Å². The summed E-state index contributed by atoms with van der Waals surface area (Å²) >= 11 is 0. The van der Waals surface area contributed by atoms with Crippen LogP contribution in [0.5, 0.6) is 0 Å². The fourth-order valence-electron chi connectivity index (χ4n) is 2.91. The second kappa shape index (κ2) is 4.22. The molecule has 0 aromatic carbocycles. The molecule has 1 fully saturated rings. The molecule has 1 aliphatic carbocycles. The average molecular weight is 241 g/mol. The maximum absolute atomic E-state index is 5.22. The Morgan fingerprint density at radius 2 is 2.19 bits per heavy atom. The molecule has 1 saturated heterocycles. The third kappa shape index (κ3) is 1.68. The molecular weight excluding hydrogens is 224 g/mol. The highest BCUT2D eigenvalue weighted by Gasteiger charge is 2.33. The standard InChI is InChI=1S/C12H16N2O.ClH/c1-7-12(8(2)15-14-7)9-3-10-5-13-6-11(10)4-9;/h3,10-11,13H,4-6H2,1-2H3;1H/t10-,11+;/m1./s1. The van der Waals surface area contributed by atoms with Gasteiger partial charge < -0.3 is 9.84 Å². The van der Waals surface area contributed by atoms with Crippen molar-refractivity contribution in [1.82, 2.24) is 10.5 Å². The third-order valence-electron chi connectivity index (χ3n) is 3.64. The van der Waals surface area contributed by atoms with Crippen molar-refractivity contribution in [3.63, 3.8) is 0 Å².